The molecule has 0 heterocycles. The molecule has 1 aliphatic rings. The van der Waals surface area contributed by atoms with Crippen LogP contribution in [0.5, 0.6) is 0 Å². The molecule has 0 aromatic heterocycles. The smallest absolute Gasteiger partial charge is 0.768 e. The number of Topliss-reactive ketones (excluding diaryl/α,β-unsaturated/α-hetero) is 1. The molecule has 12 heteroatoms. The normalized spacial score (nSPS) is 13.8. The third kappa shape index (κ3) is 7.14. The molecule has 0 spiro atoms. The van der Waals surface area contributed by atoms with Crippen molar-refractivity contribution in [2.75, 3.05) is 11.2 Å². The summed E-state index contributed by atoms with van der Waals surface area (Å²) in [7, 11) is 0. The number of nitrogens with two attached hydrogens (primary N) is 1. The number of ketones is 1. The first-order valence-corrected chi connectivity index (χ1v) is 8.70. The number of nitrogens with one attached hydrogen (secondary N) is 1. The molecule has 2 aromatic rings. The van der Waals surface area contributed by atoms with Crippen LogP contribution in [0.1, 0.15) is 15.9 Å². The Hall–Kier alpha value is -0.950. The van der Waals surface area contributed by atoms with Gasteiger partial charge in [0.05, 0.1) is 5.69 Å². The number of nitrogen functional groups attached to an aromatic ring is 1. The fraction of sp³-hybridized carbons (Fsp3) is 0. The van der Waals surface area contributed by atoms with Crippen molar-refractivity contribution in [3.63, 3.8) is 0 Å². The molecule has 0 fully saturated rings. The number of hydrogen-bond acceptors (Lipinski definition) is 8. The van der Waals surface area contributed by atoms with E-state index in [9.17, 15) is 13.6 Å². The second kappa shape index (κ2) is 13.3. The van der Waals surface area contributed by atoms with E-state index < -0.39 is 28.4 Å². The molecule has 0 bridgehead atoms. The second-order valence-corrected chi connectivity index (χ2v) is 5.91. The van der Waals surface area contributed by atoms with E-state index >= 15 is 0 Å². The first-order valence-electron chi connectivity index (χ1n) is 6.95. The molecule has 0 saturated carbocycles. The zero-order valence-corrected chi connectivity index (χ0v) is 20.6. The van der Waals surface area contributed by atoms with Gasteiger partial charge in [-0.05, 0) is 29.3 Å². The molecule has 0 saturated heterocycles. The average molecular weight is 435 g/mol. The van der Waals surface area contributed by atoms with Crippen LogP contribution in [0.15, 0.2) is 52.5 Å². The van der Waals surface area contributed by atoms with Crippen molar-refractivity contribution >= 4 is 51.6 Å². The molecule has 1 atom stereocenters. The molecule has 1 unspecified atom stereocenters. The maximum atomic E-state index is 12.5. The molecule has 3 rings (SSSR count). The molecule has 0 aliphatic heterocycles. The summed E-state index contributed by atoms with van der Waals surface area (Å²) >= 11 is -3.17. The predicted octanol–water partition coefficient (Wildman–Crippen LogP) is -4.67. The number of hydrazone groups is 1. The average Bonchev–Trinajstić information content (AvgIpc) is 2.62. The number of hydrogen-bond donors (Lipinski definition) is 2. The number of carbonyl (C=O) groups is 1. The molecule has 0 amide bonds. The van der Waals surface area contributed by atoms with Gasteiger partial charge in [-0.1, -0.05) is 29.8 Å². The number of allylic oxidation sites excluding steroid dienone is 1. The van der Waals surface area contributed by atoms with Gasteiger partial charge in [0.1, 0.15) is 5.78 Å². The summed E-state index contributed by atoms with van der Waals surface area (Å²) in [5, 5.41) is 4.03. The number of rotatable bonds is 3. The van der Waals surface area contributed by atoms with Crippen LogP contribution in [0.2, 0.25) is 0 Å². The number of para-hydroxylation sites is 1. The standard InChI is InChI=1S/C16H12N3O3S.2Na.O2S/c17-13-9-12(23(21)22)8-10-6-7-14(16(20)15(10)13)19-18-11-4-2-1-3-5-11;;;1-3-2/h1-6,8-9,18H,17H2,(H,21,22);;;/q-1;2*+1;/p-1/b19-14-;;;. The summed E-state index contributed by atoms with van der Waals surface area (Å²) < 4.78 is 38.7. The van der Waals surface area contributed by atoms with Gasteiger partial charge in [0.15, 0.2) is 0 Å². The zero-order chi connectivity index (χ0) is 19.1. The Kier molecular flexibility index (Phi) is 12.9. The van der Waals surface area contributed by atoms with Crippen LogP contribution >= 0.6 is 0 Å². The number of benzene rings is 2. The Morgan fingerprint density at radius 1 is 1.14 bits per heavy atom. The quantitative estimate of drug-likeness (QED) is 0.162. The third-order valence-electron chi connectivity index (χ3n) is 3.24. The van der Waals surface area contributed by atoms with Gasteiger partial charge in [0, 0.05) is 16.3 Å². The van der Waals surface area contributed by atoms with E-state index in [0.717, 1.165) is 5.69 Å². The van der Waals surface area contributed by atoms with E-state index in [4.69, 9.17) is 14.2 Å². The summed E-state index contributed by atoms with van der Waals surface area (Å²) in [6.45, 7) is 0. The van der Waals surface area contributed by atoms with Crippen LogP contribution in [0.25, 0.3) is 6.08 Å². The molecule has 134 valence electrons. The summed E-state index contributed by atoms with van der Waals surface area (Å²) in [4.78, 5) is 12.5. The minimum absolute atomic E-state index is 0. The largest absolute Gasteiger partial charge is 1.00 e. The van der Waals surface area contributed by atoms with Crippen molar-refractivity contribution in [2.45, 2.75) is 4.90 Å². The van der Waals surface area contributed by atoms with E-state index in [1.807, 2.05) is 18.2 Å². The molecule has 0 radical (unpaired) electrons. The fourth-order valence-electron chi connectivity index (χ4n) is 2.18. The molecule has 8 nitrogen and oxygen atoms in total. The number of fused-ring (bicyclic) bond motifs is 1. The van der Waals surface area contributed by atoms with Gasteiger partial charge in [0.2, 0.25) is 0 Å². The third-order valence-corrected chi connectivity index (χ3v) is 3.86. The minimum Gasteiger partial charge on any atom is -0.768 e. The Bertz CT molecular complexity index is 962. The molecule has 2 aromatic carbocycles. The first kappa shape index (κ1) is 27.0. The second-order valence-electron chi connectivity index (χ2n) is 4.84. The van der Waals surface area contributed by atoms with Gasteiger partial charge in [-0.15, -0.1) is 5.56 Å². The topological polar surface area (TPSA) is 142 Å². The van der Waals surface area contributed by atoms with Crippen molar-refractivity contribution in [3.05, 3.63) is 59.7 Å². The molecule has 1 aliphatic carbocycles. The Morgan fingerprint density at radius 3 is 2.32 bits per heavy atom. The van der Waals surface area contributed by atoms with E-state index in [-0.39, 0.29) is 81.0 Å². The van der Waals surface area contributed by atoms with Gasteiger partial charge in [-0.2, -0.15) is 25.7 Å². The van der Waals surface area contributed by atoms with Crippen molar-refractivity contribution in [3.8, 4) is 0 Å². The van der Waals surface area contributed by atoms with E-state index in [1.54, 1.807) is 12.1 Å². The Labute approximate surface area is 211 Å². The number of anilines is 2. The molecular formula is C16H11N3Na2O5S2. The van der Waals surface area contributed by atoms with E-state index in [2.05, 4.69) is 16.6 Å². The zero-order valence-electron chi connectivity index (χ0n) is 15.0. The molecular weight excluding hydrogens is 424 g/mol. The Balaban J connectivity index is 0.00000137. The van der Waals surface area contributed by atoms with Crippen LogP contribution in [0, 0.1) is 6.08 Å². The SMILES string of the molecule is Nc1cc(S(=O)[O-])cc2c1C(=O)/C(=N\Nc1ccccc1)[C-]=C2.O=S=O.[Na+].[Na+]. The first-order chi connectivity index (χ1) is 12.5. The van der Waals surface area contributed by atoms with E-state index in [0.29, 0.717) is 5.56 Å². The molecule has 28 heavy (non-hydrogen) atoms. The number of carbonyl (C=O) groups excluding carboxylic acids is 1. The van der Waals surface area contributed by atoms with Gasteiger partial charge in [0.25, 0.3) is 0 Å². The van der Waals surface area contributed by atoms with Gasteiger partial charge < -0.3 is 15.1 Å². The van der Waals surface area contributed by atoms with Crippen molar-refractivity contribution < 1.29 is 81.1 Å². The van der Waals surface area contributed by atoms with Crippen LogP contribution in [0.3, 0.4) is 0 Å². The maximum Gasteiger partial charge on any atom is 1.00 e. The van der Waals surface area contributed by atoms with Crippen LogP contribution in [0.4, 0.5) is 11.4 Å². The summed E-state index contributed by atoms with van der Waals surface area (Å²) in [5.74, 6) is -0.410. The van der Waals surface area contributed by atoms with Crippen LogP contribution in [-0.2, 0) is 22.7 Å². The maximum absolute atomic E-state index is 12.5. The fourth-order valence-corrected chi connectivity index (χ4v) is 2.62. The minimum atomic E-state index is -2.42. The van der Waals surface area contributed by atoms with Crippen molar-refractivity contribution in [2.24, 2.45) is 5.10 Å². The Morgan fingerprint density at radius 2 is 1.75 bits per heavy atom. The summed E-state index contributed by atoms with van der Waals surface area (Å²) in [6.07, 6.45) is 4.24. The molecule has 3 N–H and O–H groups in total. The van der Waals surface area contributed by atoms with E-state index in [1.165, 1.54) is 18.2 Å². The summed E-state index contributed by atoms with van der Waals surface area (Å²) in [6, 6.07) is 11.8. The van der Waals surface area contributed by atoms with Crippen molar-refractivity contribution in [1.29, 1.82) is 0 Å². The monoisotopic (exact) mass is 435 g/mol. The van der Waals surface area contributed by atoms with Crippen LogP contribution < -0.4 is 70.3 Å². The van der Waals surface area contributed by atoms with Gasteiger partial charge in [-0.3, -0.25) is 9.63 Å². The predicted molar refractivity (Wildman–Crippen MR) is 96.5 cm³/mol. The van der Waals surface area contributed by atoms with Gasteiger partial charge in [-0.25, -0.2) is 0 Å². The number of nitrogens with zero attached hydrogens (tertiary/aromatic N) is 1. The van der Waals surface area contributed by atoms with Crippen LogP contribution in [-0.4, -0.2) is 28.7 Å². The summed E-state index contributed by atoms with van der Waals surface area (Å²) in [5.41, 5.74) is 10.1. The van der Waals surface area contributed by atoms with Crippen molar-refractivity contribution in [1.82, 2.24) is 0 Å². The van der Waals surface area contributed by atoms with Gasteiger partial charge >= 0.3 is 70.7 Å².